The average Bonchev–Trinajstić information content (AvgIpc) is 3.03. The van der Waals surface area contributed by atoms with Gasteiger partial charge in [-0.25, -0.2) is 14.8 Å². The molecule has 48 heavy (non-hydrogen) atoms. The minimum absolute atomic E-state index is 0.226. The minimum atomic E-state index is -1.14. The van der Waals surface area contributed by atoms with Gasteiger partial charge in [0.05, 0.1) is 17.4 Å². The van der Waals surface area contributed by atoms with E-state index >= 15 is 0 Å². The van der Waals surface area contributed by atoms with Crippen molar-refractivity contribution in [3.8, 4) is 11.1 Å². The van der Waals surface area contributed by atoms with Gasteiger partial charge < -0.3 is 29.6 Å². The normalized spacial score (nSPS) is 19.3. The van der Waals surface area contributed by atoms with Crippen molar-refractivity contribution in [1.82, 2.24) is 15.0 Å². The van der Waals surface area contributed by atoms with Crippen LogP contribution in [-0.4, -0.2) is 75.6 Å². The lowest BCUT2D eigenvalue weighted by atomic mass is 9.81. The molecule has 2 aromatic heterocycles. The highest BCUT2D eigenvalue weighted by atomic mass is 16.5. The van der Waals surface area contributed by atoms with Gasteiger partial charge in [0, 0.05) is 67.8 Å². The molecule has 3 aromatic rings. The number of nitrogens with zero attached hydrogens (tertiary/aromatic N) is 6. The monoisotopic (exact) mass is 656 g/mol. The number of hydrogen-bond acceptors (Lipinski definition) is 9. The zero-order valence-corrected chi connectivity index (χ0v) is 29.7. The van der Waals surface area contributed by atoms with Crippen LogP contribution in [0.1, 0.15) is 94.5 Å². The van der Waals surface area contributed by atoms with Crippen molar-refractivity contribution >= 4 is 23.3 Å². The maximum atomic E-state index is 12.9. The van der Waals surface area contributed by atoms with Crippen LogP contribution in [0.5, 0.6) is 0 Å². The standard InChI is InChI=1S/C38H52N6O4/c1-24-32(34(43-18-13-38(6,7)14-19-43)33(25(2)41-24)35(36(46)47)48-37(3,4)5)27-8-9-28-22-44(15-10-26(28)20-27)31-21-30(39-23-40-31)42-16-11-29(45)12-17-42/h8-9,20-21,23,29,35,45H,10-19,22H2,1-7H3,(H,46,47)/t35-/m0/s1. The van der Waals surface area contributed by atoms with E-state index in [1.54, 1.807) is 6.33 Å². The quantitative estimate of drug-likeness (QED) is 0.303. The highest BCUT2D eigenvalue weighted by molar-refractivity contribution is 5.88. The van der Waals surface area contributed by atoms with Gasteiger partial charge in [-0.05, 0) is 88.8 Å². The molecule has 2 N–H and O–H groups in total. The lowest BCUT2D eigenvalue weighted by Gasteiger charge is -2.41. The lowest BCUT2D eigenvalue weighted by Crippen LogP contribution is -2.39. The third kappa shape index (κ3) is 7.29. The molecule has 5 heterocycles. The van der Waals surface area contributed by atoms with Crippen LogP contribution in [0.3, 0.4) is 0 Å². The maximum Gasteiger partial charge on any atom is 0.337 e. The third-order valence-corrected chi connectivity index (χ3v) is 10.2. The number of rotatable bonds is 7. The first-order valence-corrected chi connectivity index (χ1v) is 17.5. The molecule has 3 aliphatic heterocycles. The Morgan fingerprint density at radius 3 is 2.23 bits per heavy atom. The molecule has 0 saturated carbocycles. The lowest BCUT2D eigenvalue weighted by molar-refractivity contribution is -0.160. The van der Waals surface area contributed by atoms with E-state index in [0.717, 1.165) is 106 Å². The highest BCUT2D eigenvalue weighted by Crippen LogP contribution is 2.45. The van der Waals surface area contributed by atoms with E-state index in [-0.39, 0.29) is 11.5 Å². The van der Waals surface area contributed by atoms with Crippen LogP contribution in [0.15, 0.2) is 30.6 Å². The fourth-order valence-corrected chi connectivity index (χ4v) is 7.44. The molecule has 10 heteroatoms. The van der Waals surface area contributed by atoms with Gasteiger partial charge in [0.25, 0.3) is 0 Å². The minimum Gasteiger partial charge on any atom is -0.479 e. The highest BCUT2D eigenvalue weighted by Gasteiger charge is 2.37. The van der Waals surface area contributed by atoms with E-state index in [4.69, 9.17) is 9.72 Å². The predicted molar refractivity (Wildman–Crippen MR) is 190 cm³/mol. The van der Waals surface area contributed by atoms with Gasteiger partial charge in [-0.15, -0.1) is 0 Å². The van der Waals surface area contributed by atoms with Crippen LogP contribution in [0, 0.1) is 19.3 Å². The number of carbonyl (C=O) groups is 1. The van der Waals surface area contributed by atoms with Crippen LogP contribution in [0.25, 0.3) is 11.1 Å². The molecule has 0 radical (unpaired) electrons. The van der Waals surface area contributed by atoms with Crippen LogP contribution >= 0.6 is 0 Å². The second-order valence-electron chi connectivity index (χ2n) is 15.6. The second-order valence-corrected chi connectivity index (χ2v) is 15.6. The summed E-state index contributed by atoms with van der Waals surface area (Å²) in [6.07, 6.45) is 4.71. The van der Waals surface area contributed by atoms with E-state index in [0.29, 0.717) is 11.3 Å². The Balaban J connectivity index is 1.36. The summed E-state index contributed by atoms with van der Waals surface area (Å²) in [6.45, 7) is 19.1. The molecule has 1 atom stereocenters. The van der Waals surface area contributed by atoms with Gasteiger partial charge >= 0.3 is 5.97 Å². The van der Waals surface area contributed by atoms with Gasteiger partial charge in [0.15, 0.2) is 6.10 Å². The molecule has 0 amide bonds. The molecule has 3 aliphatic rings. The molecule has 258 valence electrons. The number of aryl methyl sites for hydroxylation is 2. The number of benzene rings is 1. The number of piperidine rings is 2. The van der Waals surface area contributed by atoms with Crippen molar-refractivity contribution in [1.29, 1.82) is 0 Å². The van der Waals surface area contributed by atoms with Crippen LogP contribution in [0.4, 0.5) is 17.3 Å². The van der Waals surface area contributed by atoms with E-state index in [2.05, 4.69) is 62.8 Å². The Hall–Kier alpha value is -3.76. The molecule has 6 rings (SSSR count). The van der Waals surface area contributed by atoms with E-state index in [1.165, 1.54) is 11.1 Å². The topological polar surface area (TPSA) is 115 Å². The van der Waals surface area contributed by atoms with Crippen molar-refractivity contribution in [2.24, 2.45) is 5.41 Å². The molecule has 0 spiro atoms. The van der Waals surface area contributed by atoms with Gasteiger partial charge in [-0.3, -0.25) is 4.98 Å². The molecule has 2 fully saturated rings. The molecule has 0 bridgehead atoms. The van der Waals surface area contributed by atoms with Crippen molar-refractivity contribution in [2.45, 2.75) is 105 Å². The Kier molecular flexibility index (Phi) is 9.43. The third-order valence-electron chi connectivity index (χ3n) is 10.2. The summed E-state index contributed by atoms with van der Waals surface area (Å²) >= 11 is 0. The predicted octanol–water partition coefficient (Wildman–Crippen LogP) is 6.25. The number of aliphatic carboxylic acids is 1. The summed E-state index contributed by atoms with van der Waals surface area (Å²) in [5.41, 5.74) is 7.38. The number of carboxylic acids is 1. The summed E-state index contributed by atoms with van der Waals surface area (Å²) < 4.78 is 6.27. The van der Waals surface area contributed by atoms with Crippen molar-refractivity contribution in [3.05, 3.63) is 58.7 Å². The van der Waals surface area contributed by atoms with Crippen LogP contribution in [-0.2, 0) is 22.5 Å². The zero-order chi connectivity index (χ0) is 34.4. The molecule has 2 saturated heterocycles. The van der Waals surface area contributed by atoms with Gasteiger partial charge in [-0.2, -0.15) is 0 Å². The van der Waals surface area contributed by atoms with Crippen LogP contribution < -0.4 is 14.7 Å². The number of aliphatic hydroxyl groups is 1. The van der Waals surface area contributed by atoms with Gasteiger partial charge in [-0.1, -0.05) is 32.0 Å². The number of hydrogen-bond donors (Lipinski definition) is 2. The molecular formula is C38H52N6O4. The first-order valence-electron chi connectivity index (χ1n) is 17.5. The summed E-state index contributed by atoms with van der Waals surface area (Å²) in [6, 6.07) is 8.75. The molecule has 0 aliphatic carbocycles. The SMILES string of the molecule is Cc1nc(C)c([C@H](OC(C)(C)C)C(=O)O)c(N2CCC(C)(C)CC2)c1-c1ccc2c(c1)CCN(c1cc(N3CCC(O)CC3)ncn1)C2. The first kappa shape index (κ1) is 34.1. The Bertz CT molecular complexity index is 1650. The van der Waals surface area contributed by atoms with Crippen molar-refractivity contribution in [2.75, 3.05) is 47.4 Å². The summed E-state index contributed by atoms with van der Waals surface area (Å²) in [5, 5.41) is 20.5. The number of pyridine rings is 1. The fraction of sp³-hybridized carbons (Fsp3) is 0.579. The Morgan fingerprint density at radius 1 is 0.917 bits per heavy atom. The van der Waals surface area contributed by atoms with Crippen molar-refractivity contribution < 1.29 is 19.7 Å². The molecule has 10 nitrogen and oxygen atoms in total. The van der Waals surface area contributed by atoms with E-state index in [1.807, 2.05) is 34.6 Å². The second kappa shape index (κ2) is 13.3. The molecule has 0 unspecified atom stereocenters. The summed E-state index contributed by atoms with van der Waals surface area (Å²) in [7, 11) is 0. The number of aromatic nitrogens is 3. The summed E-state index contributed by atoms with van der Waals surface area (Å²) in [4.78, 5) is 33.9. The number of aliphatic hydroxyl groups excluding tert-OH is 1. The Labute approximate surface area is 285 Å². The number of ether oxygens (including phenoxy) is 1. The zero-order valence-electron chi connectivity index (χ0n) is 29.7. The van der Waals surface area contributed by atoms with Crippen molar-refractivity contribution in [3.63, 3.8) is 0 Å². The van der Waals surface area contributed by atoms with Crippen LogP contribution in [0.2, 0.25) is 0 Å². The average molecular weight is 657 g/mol. The summed E-state index contributed by atoms with van der Waals surface area (Å²) in [5.74, 6) is 0.826. The van der Waals surface area contributed by atoms with Gasteiger partial charge in [0.1, 0.15) is 18.0 Å². The smallest absolute Gasteiger partial charge is 0.337 e. The molecular weight excluding hydrogens is 604 g/mol. The largest absolute Gasteiger partial charge is 0.479 e. The maximum absolute atomic E-state index is 12.9. The number of anilines is 3. The fourth-order valence-electron chi connectivity index (χ4n) is 7.44. The first-order chi connectivity index (χ1) is 22.7. The van der Waals surface area contributed by atoms with E-state index < -0.39 is 17.7 Å². The number of fused-ring (bicyclic) bond motifs is 1. The van der Waals surface area contributed by atoms with E-state index in [9.17, 15) is 15.0 Å². The number of carboxylic acid groups (broad SMARTS) is 1. The Morgan fingerprint density at radius 2 is 1.58 bits per heavy atom. The molecule has 1 aromatic carbocycles. The van der Waals surface area contributed by atoms with Gasteiger partial charge in [0.2, 0.25) is 0 Å².